The molecular weight excluding hydrogens is 264 g/mol. The summed E-state index contributed by atoms with van der Waals surface area (Å²) >= 11 is 5.64. The van der Waals surface area contributed by atoms with Gasteiger partial charge in [0, 0.05) is 6.54 Å². The first-order chi connectivity index (χ1) is 7.96. The lowest BCUT2D eigenvalue weighted by molar-refractivity contribution is 0.595. The minimum atomic E-state index is -2.85. The fourth-order valence-corrected chi connectivity index (χ4v) is 3.78. The maximum absolute atomic E-state index is 11.3. The Labute approximate surface area is 105 Å². The van der Waals surface area contributed by atoms with E-state index in [9.17, 15) is 8.42 Å². The topological polar surface area (TPSA) is 98.0 Å². The molecule has 0 aliphatic carbocycles. The van der Waals surface area contributed by atoms with E-state index in [0.29, 0.717) is 24.5 Å². The van der Waals surface area contributed by atoms with Crippen LogP contribution < -0.4 is 11.1 Å². The van der Waals surface area contributed by atoms with E-state index >= 15 is 0 Å². The number of nitrogens with zero attached hydrogens (tertiary/aromatic N) is 2. The molecule has 1 aliphatic rings. The van der Waals surface area contributed by atoms with E-state index < -0.39 is 9.84 Å². The number of hydrogen-bond donors (Lipinski definition) is 2. The van der Waals surface area contributed by atoms with Crippen molar-refractivity contribution in [3.63, 3.8) is 0 Å². The lowest BCUT2D eigenvalue weighted by atomic mass is 10.1. The van der Waals surface area contributed by atoms with Crippen molar-refractivity contribution in [3.8, 4) is 0 Å². The van der Waals surface area contributed by atoms with Crippen LogP contribution in [0.15, 0.2) is 6.20 Å². The molecular formula is C9H13ClN4O2S. The molecule has 0 radical (unpaired) electrons. The fraction of sp³-hybridized carbons (Fsp3) is 0.556. The van der Waals surface area contributed by atoms with Crippen LogP contribution in [-0.4, -0.2) is 36.4 Å². The minimum absolute atomic E-state index is 0.105. The number of sulfone groups is 1. The Hall–Kier alpha value is -1.08. The van der Waals surface area contributed by atoms with Crippen molar-refractivity contribution in [1.29, 1.82) is 0 Å². The van der Waals surface area contributed by atoms with E-state index in [1.807, 2.05) is 0 Å². The van der Waals surface area contributed by atoms with Gasteiger partial charge < -0.3 is 11.1 Å². The Morgan fingerprint density at radius 1 is 1.59 bits per heavy atom. The van der Waals surface area contributed by atoms with Gasteiger partial charge in [-0.15, -0.1) is 0 Å². The number of nitrogens with two attached hydrogens (primary N) is 1. The molecule has 94 valence electrons. The van der Waals surface area contributed by atoms with Gasteiger partial charge in [-0.05, 0) is 23.9 Å². The third kappa shape index (κ3) is 3.19. The average molecular weight is 277 g/mol. The maximum Gasteiger partial charge on any atom is 0.224 e. The van der Waals surface area contributed by atoms with E-state index in [4.69, 9.17) is 17.3 Å². The second kappa shape index (κ2) is 4.66. The molecule has 0 aromatic carbocycles. The summed E-state index contributed by atoms with van der Waals surface area (Å²) in [5.41, 5.74) is 6.06. The summed E-state index contributed by atoms with van der Waals surface area (Å²) in [6.45, 7) is 0.525. The van der Waals surface area contributed by atoms with E-state index in [1.165, 1.54) is 6.20 Å². The molecule has 17 heavy (non-hydrogen) atoms. The molecule has 1 fully saturated rings. The Morgan fingerprint density at radius 2 is 2.35 bits per heavy atom. The monoisotopic (exact) mass is 276 g/mol. The summed E-state index contributed by atoms with van der Waals surface area (Å²) in [4.78, 5) is 7.67. The molecule has 1 aliphatic heterocycles. The number of hydrogen-bond acceptors (Lipinski definition) is 6. The molecule has 1 unspecified atom stereocenters. The van der Waals surface area contributed by atoms with Crippen molar-refractivity contribution < 1.29 is 8.42 Å². The van der Waals surface area contributed by atoms with Gasteiger partial charge in [-0.3, -0.25) is 0 Å². The van der Waals surface area contributed by atoms with Gasteiger partial charge in [0.2, 0.25) is 5.28 Å². The second-order valence-corrected chi connectivity index (χ2v) is 6.66. The Bertz CT molecular complexity index is 520. The predicted molar refractivity (Wildman–Crippen MR) is 66.7 cm³/mol. The fourth-order valence-electron chi connectivity index (χ4n) is 1.79. The highest BCUT2D eigenvalue weighted by atomic mass is 35.5. The zero-order valence-electron chi connectivity index (χ0n) is 9.06. The van der Waals surface area contributed by atoms with Crippen LogP contribution in [-0.2, 0) is 9.84 Å². The molecule has 6 nitrogen and oxygen atoms in total. The third-order valence-electron chi connectivity index (χ3n) is 2.67. The van der Waals surface area contributed by atoms with Crippen LogP contribution in [0.3, 0.4) is 0 Å². The Balaban J connectivity index is 1.97. The van der Waals surface area contributed by atoms with Gasteiger partial charge >= 0.3 is 0 Å². The Kier molecular flexibility index (Phi) is 3.39. The van der Waals surface area contributed by atoms with Crippen LogP contribution in [0, 0.1) is 5.92 Å². The molecule has 0 amide bonds. The number of aromatic nitrogens is 2. The first kappa shape index (κ1) is 12.4. The number of nitrogen functional groups attached to an aromatic ring is 1. The zero-order valence-corrected chi connectivity index (χ0v) is 10.6. The summed E-state index contributed by atoms with van der Waals surface area (Å²) in [7, 11) is -2.85. The number of halogens is 1. The van der Waals surface area contributed by atoms with Crippen molar-refractivity contribution in [3.05, 3.63) is 11.5 Å². The third-order valence-corrected chi connectivity index (χ3v) is 4.69. The van der Waals surface area contributed by atoms with Crippen molar-refractivity contribution in [2.24, 2.45) is 5.92 Å². The molecule has 1 saturated heterocycles. The molecule has 2 rings (SSSR count). The van der Waals surface area contributed by atoms with Crippen molar-refractivity contribution in [2.45, 2.75) is 6.42 Å². The molecule has 2 heterocycles. The molecule has 3 N–H and O–H groups in total. The van der Waals surface area contributed by atoms with E-state index in [1.54, 1.807) is 0 Å². The molecule has 8 heteroatoms. The highest BCUT2D eigenvalue weighted by Gasteiger charge is 2.27. The summed E-state index contributed by atoms with van der Waals surface area (Å²) in [5.74, 6) is 1.04. The molecule has 1 atom stereocenters. The molecule has 1 aromatic heterocycles. The van der Waals surface area contributed by atoms with E-state index in [2.05, 4.69) is 15.3 Å². The maximum atomic E-state index is 11.3. The van der Waals surface area contributed by atoms with Crippen LogP contribution in [0.1, 0.15) is 6.42 Å². The van der Waals surface area contributed by atoms with Crippen LogP contribution in [0.2, 0.25) is 5.28 Å². The normalized spacial score (nSPS) is 22.5. The van der Waals surface area contributed by atoms with Gasteiger partial charge in [0.25, 0.3) is 0 Å². The van der Waals surface area contributed by atoms with Gasteiger partial charge in [-0.25, -0.2) is 13.4 Å². The number of anilines is 2. The van der Waals surface area contributed by atoms with Crippen molar-refractivity contribution in [1.82, 2.24) is 9.97 Å². The Morgan fingerprint density at radius 3 is 3.00 bits per heavy atom. The molecule has 0 saturated carbocycles. The van der Waals surface area contributed by atoms with E-state index in [-0.39, 0.29) is 22.7 Å². The van der Waals surface area contributed by atoms with Crippen LogP contribution in [0.4, 0.5) is 11.5 Å². The summed E-state index contributed by atoms with van der Waals surface area (Å²) in [6.07, 6.45) is 2.09. The largest absolute Gasteiger partial charge is 0.394 e. The predicted octanol–water partition coefficient (Wildman–Crippen LogP) is 0.559. The number of nitrogens with one attached hydrogen (secondary N) is 1. The van der Waals surface area contributed by atoms with Crippen LogP contribution in [0.25, 0.3) is 0 Å². The standard InChI is InChI=1S/C9H13ClN4O2S/c10-9-13-4-7(11)8(14-9)12-3-6-1-2-17(15,16)5-6/h4,6H,1-3,5,11H2,(H,12,13,14). The van der Waals surface area contributed by atoms with Gasteiger partial charge in [0.1, 0.15) is 0 Å². The molecule has 0 spiro atoms. The SMILES string of the molecule is Nc1cnc(Cl)nc1NCC1CCS(=O)(=O)C1. The van der Waals surface area contributed by atoms with Crippen LogP contribution >= 0.6 is 11.6 Å². The van der Waals surface area contributed by atoms with Gasteiger partial charge in [-0.2, -0.15) is 4.98 Å². The van der Waals surface area contributed by atoms with Gasteiger partial charge in [0.05, 0.1) is 23.4 Å². The lowest BCUT2D eigenvalue weighted by Crippen LogP contribution is -2.17. The van der Waals surface area contributed by atoms with E-state index in [0.717, 1.165) is 0 Å². The zero-order chi connectivity index (χ0) is 12.5. The molecule has 1 aromatic rings. The highest BCUT2D eigenvalue weighted by Crippen LogP contribution is 2.21. The van der Waals surface area contributed by atoms with Crippen LogP contribution in [0.5, 0.6) is 0 Å². The molecule has 0 bridgehead atoms. The van der Waals surface area contributed by atoms with Gasteiger partial charge in [-0.1, -0.05) is 0 Å². The average Bonchev–Trinajstić information content (AvgIpc) is 2.60. The summed E-state index contributed by atoms with van der Waals surface area (Å²) in [5, 5.41) is 3.12. The lowest BCUT2D eigenvalue weighted by Gasteiger charge is -2.11. The summed E-state index contributed by atoms with van der Waals surface area (Å²) < 4.78 is 22.5. The quantitative estimate of drug-likeness (QED) is 0.783. The minimum Gasteiger partial charge on any atom is -0.394 e. The van der Waals surface area contributed by atoms with Crippen molar-refractivity contribution in [2.75, 3.05) is 29.1 Å². The number of rotatable bonds is 3. The van der Waals surface area contributed by atoms with Crippen molar-refractivity contribution >= 4 is 32.9 Å². The summed E-state index contributed by atoms with van der Waals surface area (Å²) in [6, 6.07) is 0. The second-order valence-electron chi connectivity index (χ2n) is 4.09. The van der Waals surface area contributed by atoms with Gasteiger partial charge in [0.15, 0.2) is 15.7 Å². The smallest absolute Gasteiger partial charge is 0.224 e. The first-order valence-corrected chi connectivity index (χ1v) is 7.38. The first-order valence-electron chi connectivity index (χ1n) is 5.18. The highest BCUT2D eigenvalue weighted by molar-refractivity contribution is 7.91.